The fourth-order valence-corrected chi connectivity index (χ4v) is 3.53. The molecule has 3 N–H and O–H groups in total. The number of rotatable bonds is 4. The maximum Gasteiger partial charge on any atom is 0.287 e. The molecule has 0 saturated heterocycles. The van der Waals surface area contributed by atoms with Crippen molar-refractivity contribution in [3.8, 4) is 0 Å². The predicted octanol–water partition coefficient (Wildman–Crippen LogP) is 3.38. The number of nitrogens with one attached hydrogen (secondary N) is 1. The third-order valence-electron chi connectivity index (χ3n) is 4.84. The van der Waals surface area contributed by atoms with Crippen LogP contribution in [0.25, 0.3) is 11.0 Å². The molecule has 1 aromatic carbocycles. The van der Waals surface area contributed by atoms with E-state index in [1.165, 1.54) is 19.3 Å². The summed E-state index contributed by atoms with van der Waals surface area (Å²) in [5.74, 6) is 0.762. The first-order valence-corrected chi connectivity index (χ1v) is 8.19. The Morgan fingerprint density at radius 1 is 1.32 bits per heavy atom. The summed E-state index contributed by atoms with van der Waals surface area (Å²) in [5, 5.41) is 4.09. The maximum atomic E-state index is 12.6. The van der Waals surface area contributed by atoms with E-state index in [4.69, 9.17) is 10.2 Å². The van der Waals surface area contributed by atoms with Crippen LogP contribution in [0, 0.1) is 12.8 Å². The van der Waals surface area contributed by atoms with E-state index in [9.17, 15) is 4.79 Å². The molecule has 1 saturated carbocycles. The molecule has 3 rings (SSSR count). The Hall–Kier alpha value is -1.81. The van der Waals surface area contributed by atoms with Gasteiger partial charge in [0.1, 0.15) is 5.58 Å². The number of hydrogen-bond acceptors (Lipinski definition) is 3. The number of fused-ring (bicyclic) bond motifs is 1. The van der Waals surface area contributed by atoms with Crippen LogP contribution in [0.4, 0.5) is 0 Å². The number of carbonyl (C=O) groups is 1. The van der Waals surface area contributed by atoms with Crippen molar-refractivity contribution in [1.29, 1.82) is 0 Å². The monoisotopic (exact) mass is 300 g/mol. The van der Waals surface area contributed by atoms with Crippen LogP contribution in [-0.4, -0.2) is 18.5 Å². The average molecular weight is 300 g/mol. The molecule has 1 atom stereocenters. The van der Waals surface area contributed by atoms with Gasteiger partial charge in [0.2, 0.25) is 0 Å². The average Bonchev–Trinajstić information content (AvgIpc) is 2.91. The molecule has 1 aliphatic rings. The van der Waals surface area contributed by atoms with Crippen molar-refractivity contribution in [2.75, 3.05) is 6.54 Å². The Kier molecular flexibility index (Phi) is 4.48. The zero-order valence-corrected chi connectivity index (χ0v) is 13.1. The number of amides is 1. The molecule has 1 unspecified atom stereocenters. The van der Waals surface area contributed by atoms with E-state index in [1.54, 1.807) is 0 Å². The maximum absolute atomic E-state index is 12.6. The van der Waals surface area contributed by atoms with Gasteiger partial charge in [-0.15, -0.1) is 0 Å². The highest BCUT2D eigenvalue weighted by molar-refractivity contribution is 5.99. The lowest BCUT2D eigenvalue weighted by Crippen LogP contribution is -2.46. The number of furan rings is 1. The summed E-state index contributed by atoms with van der Waals surface area (Å²) in [6.07, 6.45) is 6.08. The van der Waals surface area contributed by atoms with Crippen LogP contribution in [0.2, 0.25) is 0 Å². The first-order chi connectivity index (χ1) is 10.7. The van der Waals surface area contributed by atoms with E-state index in [0.29, 0.717) is 18.2 Å². The van der Waals surface area contributed by atoms with Gasteiger partial charge in [0.15, 0.2) is 5.76 Å². The lowest BCUT2D eigenvalue weighted by molar-refractivity contribution is 0.0888. The summed E-state index contributed by atoms with van der Waals surface area (Å²) < 4.78 is 5.74. The Bertz CT molecular complexity index is 656. The van der Waals surface area contributed by atoms with E-state index in [0.717, 1.165) is 29.4 Å². The number of para-hydroxylation sites is 1. The van der Waals surface area contributed by atoms with Gasteiger partial charge in [-0.1, -0.05) is 37.5 Å². The molecule has 0 radical (unpaired) electrons. The molecule has 4 nitrogen and oxygen atoms in total. The SMILES string of the molecule is Cc1c(C(=O)NC(CN)C2CCCCC2)oc2ccccc12. The number of hydrogen-bond donors (Lipinski definition) is 2. The van der Waals surface area contributed by atoms with Gasteiger partial charge in [-0.3, -0.25) is 4.79 Å². The molecular formula is C18H24N2O2. The highest BCUT2D eigenvalue weighted by Crippen LogP contribution is 2.28. The molecule has 4 heteroatoms. The summed E-state index contributed by atoms with van der Waals surface area (Å²) in [5.41, 5.74) is 7.55. The molecule has 1 fully saturated rings. The largest absolute Gasteiger partial charge is 0.451 e. The van der Waals surface area contributed by atoms with E-state index in [2.05, 4.69) is 5.32 Å². The number of aryl methyl sites for hydroxylation is 1. The first kappa shape index (κ1) is 15.1. The first-order valence-electron chi connectivity index (χ1n) is 8.19. The molecule has 118 valence electrons. The van der Waals surface area contributed by atoms with Crippen LogP contribution in [0.5, 0.6) is 0 Å². The summed E-state index contributed by atoms with van der Waals surface area (Å²) in [6.45, 7) is 2.41. The second-order valence-corrected chi connectivity index (χ2v) is 6.27. The predicted molar refractivity (Wildman–Crippen MR) is 87.8 cm³/mol. The number of nitrogens with two attached hydrogens (primary N) is 1. The Morgan fingerprint density at radius 3 is 2.73 bits per heavy atom. The van der Waals surface area contributed by atoms with Crippen LogP contribution < -0.4 is 11.1 Å². The molecule has 1 aromatic heterocycles. The van der Waals surface area contributed by atoms with Crippen molar-refractivity contribution in [1.82, 2.24) is 5.32 Å². The van der Waals surface area contributed by atoms with E-state index < -0.39 is 0 Å². The standard InChI is InChI=1S/C18H24N2O2/c1-12-14-9-5-6-10-16(14)22-17(12)18(21)20-15(11-19)13-7-3-2-4-8-13/h5-6,9-10,13,15H,2-4,7-8,11,19H2,1H3,(H,20,21). The van der Waals surface area contributed by atoms with Crippen molar-refractivity contribution in [2.24, 2.45) is 11.7 Å². The van der Waals surface area contributed by atoms with Gasteiger partial charge in [0.05, 0.1) is 0 Å². The van der Waals surface area contributed by atoms with Crippen LogP contribution in [0.1, 0.15) is 48.2 Å². The van der Waals surface area contributed by atoms with E-state index in [1.807, 2.05) is 31.2 Å². The van der Waals surface area contributed by atoms with Gasteiger partial charge in [-0.25, -0.2) is 0 Å². The zero-order chi connectivity index (χ0) is 15.5. The highest BCUT2D eigenvalue weighted by Gasteiger charge is 2.26. The van der Waals surface area contributed by atoms with Crippen LogP contribution in [0.3, 0.4) is 0 Å². The minimum Gasteiger partial charge on any atom is -0.451 e. The van der Waals surface area contributed by atoms with Crippen LogP contribution >= 0.6 is 0 Å². The van der Waals surface area contributed by atoms with Crippen molar-refractivity contribution < 1.29 is 9.21 Å². The topological polar surface area (TPSA) is 68.3 Å². The minimum atomic E-state index is -0.144. The molecule has 1 aliphatic carbocycles. The lowest BCUT2D eigenvalue weighted by Gasteiger charge is -2.29. The highest BCUT2D eigenvalue weighted by atomic mass is 16.3. The van der Waals surface area contributed by atoms with Gasteiger partial charge < -0.3 is 15.5 Å². The van der Waals surface area contributed by atoms with Gasteiger partial charge >= 0.3 is 0 Å². The second kappa shape index (κ2) is 6.53. The van der Waals surface area contributed by atoms with Gasteiger partial charge in [0.25, 0.3) is 5.91 Å². The Balaban J connectivity index is 1.78. The molecule has 0 aliphatic heterocycles. The second-order valence-electron chi connectivity index (χ2n) is 6.27. The molecule has 1 heterocycles. The minimum absolute atomic E-state index is 0.0420. The Labute approximate surface area is 131 Å². The fraction of sp³-hybridized carbons (Fsp3) is 0.500. The summed E-state index contributed by atoms with van der Waals surface area (Å²) in [4.78, 5) is 12.6. The van der Waals surface area contributed by atoms with Crippen molar-refractivity contribution in [2.45, 2.75) is 45.1 Å². The molecule has 22 heavy (non-hydrogen) atoms. The Morgan fingerprint density at radius 2 is 2.05 bits per heavy atom. The quantitative estimate of drug-likeness (QED) is 0.909. The van der Waals surface area contributed by atoms with E-state index >= 15 is 0 Å². The summed E-state index contributed by atoms with van der Waals surface area (Å²) in [6, 6.07) is 7.78. The van der Waals surface area contributed by atoms with Crippen molar-refractivity contribution in [3.05, 3.63) is 35.6 Å². The third-order valence-corrected chi connectivity index (χ3v) is 4.84. The molecule has 0 spiro atoms. The number of benzene rings is 1. The third kappa shape index (κ3) is 2.88. The van der Waals surface area contributed by atoms with Crippen molar-refractivity contribution in [3.63, 3.8) is 0 Å². The van der Waals surface area contributed by atoms with Crippen molar-refractivity contribution >= 4 is 16.9 Å². The van der Waals surface area contributed by atoms with Gasteiger partial charge in [-0.2, -0.15) is 0 Å². The normalized spacial score (nSPS) is 17.5. The summed E-state index contributed by atoms with van der Waals surface area (Å²) >= 11 is 0. The van der Waals surface area contributed by atoms with Crippen LogP contribution in [0.15, 0.2) is 28.7 Å². The fourth-order valence-electron chi connectivity index (χ4n) is 3.53. The number of carbonyl (C=O) groups excluding carboxylic acids is 1. The summed E-state index contributed by atoms with van der Waals surface area (Å²) in [7, 11) is 0. The molecule has 2 aromatic rings. The molecule has 0 bridgehead atoms. The van der Waals surface area contributed by atoms with E-state index in [-0.39, 0.29) is 11.9 Å². The molecular weight excluding hydrogens is 276 g/mol. The van der Waals surface area contributed by atoms with Gasteiger partial charge in [0, 0.05) is 23.5 Å². The van der Waals surface area contributed by atoms with Gasteiger partial charge in [-0.05, 0) is 31.7 Å². The van der Waals surface area contributed by atoms with Crippen LogP contribution in [-0.2, 0) is 0 Å². The smallest absolute Gasteiger partial charge is 0.287 e. The molecule has 1 amide bonds. The lowest BCUT2D eigenvalue weighted by atomic mass is 9.84. The zero-order valence-electron chi connectivity index (χ0n) is 13.1.